The molecule has 1 heterocycles. The Hall–Kier alpha value is -7.94. The molecule has 0 unspecified atom stereocenters. The monoisotopic (exact) mass is 815 g/mol. The van der Waals surface area contributed by atoms with Gasteiger partial charge in [-0.3, -0.25) is 0 Å². The minimum atomic E-state index is -0.424. The van der Waals surface area contributed by atoms with E-state index >= 15 is 0 Å². The van der Waals surface area contributed by atoms with E-state index in [1.165, 1.54) is 83.3 Å². The number of para-hydroxylation sites is 1. The third-order valence-electron chi connectivity index (χ3n) is 14.9. The van der Waals surface area contributed by atoms with Gasteiger partial charge in [-0.25, -0.2) is 0 Å². The normalized spacial score (nSPS) is 14.3. The van der Waals surface area contributed by atoms with E-state index in [0.29, 0.717) is 0 Å². The van der Waals surface area contributed by atoms with Gasteiger partial charge in [-0.2, -0.15) is 0 Å². The van der Waals surface area contributed by atoms with E-state index in [9.17, 15) is 0 Å². The lowest BCUT2D eigenvalue weighted by molar-refractivity contribution is 0.660. The molecule has 0 fully saturated rings. The Labute approximate surface area is 372 Å². The number of fused-ring (bicyclic) bond motifs is 18. The van der Waals surface area contributed by atoms with Gasteiger partial charge < -0.3 is 9.32 Å². The SMILES string of the molecule is CC1(C)c2ccccc2-c2ccc(N(c3ccccc3)c3cccc4oc5c6ccccc6c(-c6ccc7c(c6)C6(c8ccccc8-c8ccccc86)c6ccccc6-7)cc5c34)cc21. The van der Waals surface area contributed by atoms with Crippen molar-refractivity contribution in [3.8, 4) is 44.5 Å². The zero-order valence-corrected chi connectivity index (χ0v) is 35.6. The van der Waals surface area contributed by atoms with E-state index in [-0.39, 0.29) is 5.41 Å². The number of rotatable bonds is 4. The van der Waals surface area contributed by atoms with Crippen LogP contribution in [-0.4, -0.2) is 0 Å². The highest BCUT2D eigenvalue weighted by atomic mass is 16.3. The summed E-state index contributed by atoms with van der Waals surface area (Å²) in [5.74, 6) is 0. The average Bonchev–Trinajstić information content (AvgIpc) is 4.04. The summed E-state index contributed by atoms with van der Waals surface area (Å²) in [6, 6.07) is 78.8. The molecule has 0 saturated carbocycles. The zero-order chi connectivity index (χ0) is 42.3. The molecule has 2 nitrogen and oxygen atoms in total. The molecular weight excluding hydrogens is 775 g/mol. The van der Waals surface area contributed by atoms with Crippen LogP contribution >= 0.6 is 0 Å². The van der Waals surface area contributed by atoms with Crippen LogP contribution in [0.4, 0.5) is 17.1 Å². The molecule has 0 amide bonds. The summed E-state index contributed by atoms with van der Waals surface area (Å²) in [4.78, 5) is 2.43. The van der Waals surface area contributed by atoms with E-state index in [2.05, 4.69) is 231 Å². The minimum Gasteiger partial charge on any atom is -0.455 e. The minimum absolute atomic E-state index is 0.134. The molecule has 300 valence electrons. The fraction of sp³-hybridized carbons (Fsp3) is 0.0645. The number of anilines is 3. The molecule has 1 spiro atoms. The van der Waals surface area contributed by atoms with Crippen LogP contribution in [0.3, 0.4) is 0 Å². The number of benzene rings is 10. The molecule has 2 heteroatoms. The summed E-state index contributed by atoms with van der Waals surface area (Å²) < 4.78 is 7.01. The fourth-order valence-electron chi connectivity index (χ4n) is 12.2. The summed E-state index contributed by atoms with van der Waals surface area (Å²) in [6.45, 7) is 4.71. The van der Waals surface area contributed by atoms with Gasteiger partial charge in [-0.1, -0.05) is 178 Å². The van der Waals surface area contributed by atoms with Crippen molar-refractivity contribution in [2.45, 2.75) is 24.7 Å². The van der Waals surface area contributed by atoms with Crippen molar-refractivity contribution in [1.82, 2.24) is 0 Å². The second-order valence-corrected chi connectivity index (χ2v) is 18.3. The Bertz CT molecular complexity index is 3710. The highest BCUT2D eigenvalue weighted by Crippen LogP contribution is 2.63. The third kappa shape index (κ3) is 4.54. The lowest BCUT2D eigenvalue weighted by Crippen LogP contribution is -2.25. The van der Waals surface area contributed by atoms with Crippen LogP contribution in [0.25, 0.3) is 77.2 Å². The fourth-order valence-corrected chi connectivity index (χ4v) is 12.2. The molecule has 0 bridgehead atoms. The van der Waals surface area contributed by atoms with Crippen molar-refractivity contribution in [3.63, 3.8) is 0 Å². The van der Waals surface area contributed by atoms with Crippen molar-refractivity contribution in [3.05, 3.63) is 246 Å². The average molecular weight is 816 g/mol. The van der Waals surface area contributed by atoms with Gasteiger partial charge in [0, 0.05) is 27.6 Å². The number of hydrogen-bond donors (Lipinski definition) is 0. The van der Waals surface area contributed by atoms with E-state index in [1.807, 2.05) is 0 Å². The van der Waals surface area contributed by atoms with Gasteiger partial charge in [0.15, 0.2) is 0 Å². The molecule has 64 heavy (non-hydrogen) atoms. The van der Waals surface area contributed by atoms with E-state index in [1.54, 1.807) is 0 Å². The smallest absolute Gasteiger partial charge is 0.143 e. The van der Waals surface area contributed by atoms with Crippen molar-refractivity contribution in [2.24, 2.45) is 0 Å². The Morgan fingerprint density at radius 2 is 0.906 bits per heavy atom. The third-order valence-corrected chi connectivity index (χ3v) is 14.9. The first-order valence-electron chi connectivity index (χ1n) is 22.4. The molecule has 3 aliphatic rings. The second-order valence-electron chi connectivity index (χ2n) is 18.3. The molecule has 14 rings (SSSR count). The zero-order valence-electron chi connectivity index (χ0n) is 35.6. The number of hydrogen-bond acceptors (Lipinski definition) is 2. The summed E-state index contributed by atoms with van der Waals surface area (Å²) in [5, 5.41) is 4.48. The lowest BCUT2D eigenvalue weighted by atomic mass is 9.70. The van der Waals surface area contributed by atoms with E-state index < -0.39 is 5.41 Å². The summed E-state index contributed by atoms with van der Waals surface area (Å²) in [7, 11) is 0. The summed E-state index contributed by atoms with van der Waals surface area (Å²) in [5.41, 5.74) is 22.9. The highest BCUT2D eigenvalue weighted by Gasteiger charge is 2.51. The van der Waals surface area contributed by atoms with Gasteiger partial charge in [0.1, 0.15) is 11.2 Å². The molecule has 0 saturated heterocycles. The first kappa shape index (κ1) is 35.6. The molecule has 0 aliphatic heterocycles. The van der Waals surface area contributed by atoms with Gasteiger partial charge in [0.25, 0.3) is 0 Å². The number of furan rings is 1. The van der Waals surface area contributed by atoms with Crippen molar-refractivity contribution >= 4 is 49.8 Å². The van der Waals surface area contributed by atoms with Gasteiger partial charge in [-0.15, -0.1) is 0 Å². The molecule has 0 N–H and O–H groups in total. The second kappa shape index (κ2) is 12.8. The lowest BCUT2D eigenvalue weighted by Gasteiger charge is -2.30. The summed E-state index contributed by atoms with van der Waals surface area (Å²) in [6.07, 6.45) is 0. The van der Waals surface area contributed by atoms with Crippen LogP contribution in [0, 0.1) is 0 Å². The van der Waals surface area contributed by atoms with Crippen LogP contribution in [0.5, 0.6) is 0 Å². The maximum absolute atomic E-state index is 7.01. The molecule has 3 aliphatic carbocycles. The van der Waals surface area contributed by atoms with Crippen molar-refractivity contribution in [2.75, 3.05) is 4.90 Å². The van der Waals surface area contributed by atoms with Gasteiger partial charge >= 0.3 is 0 Å². The van der Waals surface area contributed by atoms with Gasteiger partial charge in [0.05, 0.1) is 16.5 Å². The largest absolute Gasteiger partial charge is 0.455 e. The van der Waals surface area contributed by atoms with E-state index in [4.69, 9.17) is 4.42 Å². The van der Waals surface area contributed by atoms with Crippen molar-refractivity contribution in [1.29, 1.82) is 0 Å². The molecule has 0 atom stereocenters. The predicted molar refractivity (Wildman–Crippen MR) is 265 cm³/mol. The molecule has 11 aromatic rings. The van der Waals surface area contributed by atoms with Crippen LogP contribution in [0.2, 0.25) is 0 Å². The maximum atomic E-state index is 7.01. The topological polar surface area (TPSA) is 16.4 Å². The Morgan fingerprint density at radius 1 is 0.359 bits per heavy atom. The maximum Gasteiger partial charge on any atom is 0.143 e. The van der Waals surface area contributed by atoms with Gasteiger partial charge in [0.2, 0.25) is 0 Å². The summed E-state index contributed by atoms with van der Waals surface area (Å²) >= 11 is 0. The molecule has 0 radical (unpaired) electrons. The first-order valence-corrected chi connectivity index (χ1v) is 22.4. The number of nitrogens with zero attached hydrogens (tertiary/aromatic N) is 1. The van der Waals surface area contributed by atoms with Gasteiger partial charge in [-0.05, 0) is 132 Å². The molecular formula is C62H41NO. The molecule has 1 aromatic heterocycles. The Morgan fingerprint density at radius 3 is 1.59 bits per heavy atom. The predicted octanol–water partition coefficient (Wildman–Crippen LogP) is 16.5. The van der Waals surface area contributed by atoms with Crippen LogP contribution in [0.15, 0.2) is 217 Å². The van der Waals surface area contributed by atoms with Crippen LogP contribution < -0.4 is 4.90 Å². The van der Waals surface area contributed by atoms with Crippen LogP contribution in [0.1, 0.15) is 47.2 Å². The van der Waals surface area contributed by atoms with E-state index in [0.717, 1.165) is 44.4 Å². The molecule has 10 aromatic carbocycles. The Kier molecular flexibility index (Phi) is 7.13. The standard InChI is InChI=1S/C62H41NO/c1-61(2)51-25-12-8-20-42(51)46-34-32-40(36-55(46)61)63(39-17-4-3-5-18-39)57-29-16-30-58-59(57)50-37-49(41-19-6-7-24-48(41)60(50)64-58)38-31-33-47-45-23-11-15-28-54(45)62(56(47)35-38)52-26-13-9-21-43(52)44-22-10-14-27-53(44)62/h3-37H,1-2H3. The highest BCUT2D eigenvalue weighted by molar-refractivity contribution is 6.22. The Balaban J connectivity index is 1.02. The van der Waals surface area contributed by atoms with Crippen LogP contribution in [-0.2, 0) is 10.8 Å². The quantitative estimate of drug-likeness (QED) is 0.176. The van der Waals surface area contributed by atoms with Crippen molar-refractivity contribution < 1.29 is 4.42 Å². The first-order chi connectivity index (χ1) is 31.5.